The summed E-state index contributed by atoms with van der Waals surface area (Å²) in [6, 6.07) is 10.2. The Morgan fingerprint density at radius 1 is 1.40 bits per heavy atom. The van der Waals surface area contributed by atoms with E-state index in [-0.39, 0.29) is 12.1 Å². The lowest BCUT2D eigenvalue weighted by molar-refractivity contribution is 0.335. The largest absolute Gasteiger partial charge is 0.352 e. The minimum Gasteiger partial charge on any atom is -0.352 e. The molecule has 2 aromatic heterocycles. The molecule has 1 fully saturated rings. The molecular formula is C14H14ClN3S2. The van der Waals surface area contributed by atoms with Crippen LogP contribution in [0.2, 0.25) is 4.34 Å². The molecule has 1 N–H and O–H groups in total. The number of nitrogens with zero attached hydrogens (tertiary/aromatic N) is 2. The van der Waals surface area contributed by atoms with Crippen LogP contribution in [0.15, 0.2) is 36.5 Å². The van der Waals surface area contributed by atoms with Gasteiger partial charge < -0.3 is 10.2 Å². The Morgan fingerprint density at radius 2 is 2.25 bits per heavy atom. The van der Waals surface area contributed by atoms with Gasteiger partial charge in [-0.1, -0.05) is 17.7 Å². The highest BCUT2D eigenvalue weighted by molar-refractivity contribution is 7.80. The first kappa shape index (κ1) is 13.8. The smallest absolute Gasteiger partial charge is 0.170 e. The monoisotopic (exact) mass is 323 g/mol. The summed E-state index contributed by atoms with van der Waals surface area (Å²) in [5.41, 5.74) is 1.00. The third-order valence-electron chi connectivity index (χ3n) is 3.42. The highest BCUT2D eigenvalue weighted by atomic mass is 35.5. The number of likely N-dealkylation sites (N-methyl/N-ethyl adjacent to an activating group) is 1. The third kappa shape index (κ3) is 2.41. The van der Waals surface area contributed by atoms with Gasteiger partial charge in [-0.25, -0.2) is 0 Å². The quantitative estimate of drug-likeness (QED) is 0.870. The lowest BCUT2D eigenvalue weighted by Gasteiger charge is -2.25. The van der Waals surface area contributed by atoms with Crippen molar-refractivity contribution in [3.8, 4) is 0 Å². The molecular weight excluding hydrogens is 310 g/mol. The molecule has 0 radical (unpaired) electrons. The predicted octanol–water partition coefficient (Wildman–Crippen LogP) is 3.79. The predicted molar refractivity (Wildman–Crippen MR) is 87.2 cm³/mol. The van der Waals surface area contributed by atoms with Gasteiger partial charge in [0.1, 0.15) is 0 Å². The molecule has 104 valence electrons. The van der Waals surface area contributed by atoms with E-state index >= 15 is 0 Å². The van der Waals surface area contributed by atoms with Crippen molar-refractivity contribution in [3.05, 3.63) is 51.4 Å². The summed E-state index contributed by atoms with van der Waals surface area (Å²) >= 11 is 13.2. The standard InChI is InChI=1S/C14H14ClN3S2/c1-2-18-13(10-6-7-11(15)20-10)12(17-14(18)19)9-5-3-4-8-16-9/h3-8,12-13H,2H2,1H3,(H,17,19)/t12-,13+/m1/s1. The number of pyridine rings is 1. The van der Waals surface area contributed by atoms with Crippen LogP contribution in [0.25, 0.3) is 0 Å². The number of nitrogens with one attached hydrogen (secondary N) is 1. The summed E-state index contributed by atoms with van der Waals surface area (Å²) in [7, 11) is 0. The molecule has 0 aromatic carbocycles. The zero-order chi connectivity index (χ0) is 14.1. The molecule has 0 unspecified atom stereocenters. The van der Waals surface area contributed by atoms with Gasteiger partial charge in [0.15, 0.2) is 5.11 Å². The Morgan fingerprint density at radius 3 is 2.85 bits per heavy atom. The van der Waals surface area contributed by atoms with Crippen LogP contribution in [0.4, 0.5) is 0 Å². The maximum Gasteiger partial charge on any atom is 0.170 e. The van der Waals surface area contributed by atoms with Gasteiger partial charge in [0.2, 0.25) is 0 Å². The normalized spacial score (nSPS) is 22.1. The third-order valence-corrected chi connectivity index (χ3v) is 5.08. The fraction of sp³-hybridized carbons (Fsp3) is 0.286. The molecule has 3 rings (SSSR count). The molecule has 1 saturated heterocycles. The summed E-state index contributed by atoms with van der Waals surface area (Å²) in [4.78, 5) is 7.87. The van der Waals surface area contributed by atoms with Crippen molar-refractivity contribution in [2.45, 2.75) is 19.0 Å². The van der Waals surface area contributed by atoms with Gasteiger partial charge >= 0.3 is 0 Å². The minimum atomic E-state index is 0.0679. The van der Waals surface area contributed by atoms with Crippen LogP contribution in [0.5, 0.6) is 0 Å². The molecule has 3 nitrogen and oxygen atoms in total. The molecule has 1 aliphatic heterocycles. The van der Waals surface area contributed by atoms with E-state index in [2.05, 4.69) is 28.2 Å². The van der Waals surface area contributed by atoms with E-state index in [1.54, 1.807) is 11.3 Å². The van der Waals surface area contributed by atoms with Gasteiger partial charge in [0, 0.05) is 17.6 Å². The number of thiocarbonyl (C=S) groups is 1. The second kappa shape index (κ2) is 5.68. The average Bonchev–Trinajstić information content (AvgIpc) is 3.03. The summed E-state index contributed by atoms with van der Waals surface area (Å²) in [5.74, 6) is 0. The summed E-state index contributed by atoms with van der Waals surface area (Å²) in [6.07, 6.45) is 1.81. The maximum absolute atomic E-state index is 6.09. The summed E-state index contributed by atoms with van der Waals surface area (Å²) in [5, 5.41) is 4.16. The fourth-order valence-electron chi connectivity index (χ4n) is 2.54. The fourth-order valence-corrected chi connectivity index (χ4v) is 4.12. The number of hydrogen-bond acceptors (Lipinski definition) is 3. The van der Waals surface area contributed by atoms with Crippen LogP contribution in [-0.2, 0) is 0 Å². The molecule has 6 heteroatoms. The van der Waals surface area contributed by atoms with Gasteiger partial charge in [0.05, 0.1) is 22.1 Å². The Hall–Kier alpha value is -1.17. The van der Waals surface area contributed by atoms with Crippen molar-refractivity contribution < 1.29 is 0 Å². The van der Waals surface area contributed by atoms with Crippen LogP contribution in [-0.4, -0.2) is 21.5 Å². The molecule has 0 spiro atoms. The highest BCUT2D eigenvalue weighted by Crippen LogP contribution is 2.41. The van der Waals surface area contributed by atoms with Crippen molar-refractivity contribution >= 4 is 40.3 Å². The number of halogens is 1. The molecule has 0 saturated carbocycles. The first-order valence-corrected chi connectivity index (χ1v) is 8.04. The van der Waals surface area contributed by atoms with Crippen LogP contribution in [0, 0.1) is 0 Å². The Bertz CT molecular complexity index is 614. The van der Waals surface area contributed by atoms with E-state index < -0.39 is 0 Å². The molecule has 0 bridgehead atoms. The summed E-state index contributed by atoms with van der Waals surface area (Å²) in [6.45, 7) is 2.96. The number of thiophene rings is 1. The van der Waals surface area contributed by atoms with Crippen LogP contribution in [0.1, 0.15) is 29.6 Å². The van der Waals surface area contributed by atoms with Crippen LogP contribution in [0.3, 0.4) is 0 Å². The van der Waals surface area contributed by atoms with E-state index in [9.17, 15) is 0 Å². The van der Waals surface area contributed by atoms with Crippen molar-refractivity contribution in [1.29, 1.82) is 0 Å². The average molecular weight is 324 g/mol. The maximum atomic E-state index is 6.09. The highest BCUT2D eigenvalue weighted by Gasteiger charge is 2.39. The topological polar surface area (TPSA) is 28.2 Å². The first-order valence-electron chi connectivity index (χ1n) is 6.44. The van der Waals surface area contributed by atoms with E-state index in [1.807, 2.05) is 30.5 Å². The van der Waals surface area contributed by atoms with Crippen molar-refractivity contribution in [1.82, 2.24) is 15.2 Å². The zero-order valence-electron chi connectivity index (χ0n) is 10.9. The molecule has 2 aromatic rings. The van der Waals surface area contributed by atoms with Crippen LogP contribution < -0.4 is 5.32 Å². The minimum absolute atomic E-state index is 0.0679. The first-order chi connectivity index (χ1) is 9.70. The van der Waals surface area contributed by atoms with Gasteiger partial charge in [-0.2, -0.15) is 0 Å². The lowest BCUT2D eigenvalue weighted by atomic mass is 10.0. The Kier molecular flexibility index (Phi) is 3.92. The van der Waals surface area contributed by atoms with Crippen LogP contribution >= 0.6 is 35.2 Å². The van der Waals surface area contributed by atoms with Gasteiger partial charge in [-0.3, -0.25) is 4.98 Å². The SMILES string of the molecule is CCN1C(=S)N[C@H](c2ccccn2)[C@@H]1c1ccc(Cl)s1. The van der Waals surface area contributed by atoms with Crippen molar-refractivity contribution in [3.63, 3.8) is 0 Å². The lowest BCUT2D eigenvalue weighted by Crippen LogP contribution is -2.28. The molecule has 3 heterocycles. The molecule has 20 heavy (non-hydrogen) atoms. The summed E-state index contributed by atoms with van der Waals surface area (Å²) < 4.78 is 0.800. The number of hydrogen-bond donors (Lipinski definition) is 1. The second-order valence-electron chi connectivity index (χ2n) is 4.55. The van der Waals surface area contributed by atoms with E-state index in [4.69, 9.17) is 23.8 Å². The number of aromatic nitrogens is 1. The van der Waals surface area contributed by atoms with Gasteiger partial charge in [0.25, 0.3) is 0 Å². The number of rotatable bonds is 3. The van der Waals surface area contributed by atoms with Crippen molar-refractivity contribution in [2.24, 2.45) is 0 Å². The molecule has 1 aliphatic rings. The van der Waals surface area contributed by atoms with Gasteiger partial charge in [-0.05, 0) is 43.4 Å². The Balaban J connectivity index is 2.02. The molecule has 0 aliphatic carbocycles. The van der Waals surface area contributed by atoms with Gasteiger partial charge in [-0.15, -0.1) is 11.3 Å². The molecule has 0 amide bonds. The van der Waals surface area contributed by atoms with E-state index in [0.717, 1.165) is 21.7 Å². The second-order valence-corrected chi connectivity index (χ2v) is 6.69. The van der Waals surface area contributed by atoms with Crippen molar-refractivity contribution in [2.75, 3.05) is 6.54 Å². The zero-order valence-corrected chi connectivity index (χ0v) is 13.3. The Labute approximate surface area is 132 Å². The van der Waals surface area contributed by atoms with E-state index in [1.165, 1.54) is 4.88 Å². The molecule has 2 atom stereocenters. The van der Waals surface area contributed by atoms with E-state index in [0.29, 0.717) is 0 Å².